The molecule has 24 heavy (non-hydrogen) atoms. The number of fused-ring (bicyclic) bond motifs is 1. The van der Waals surface area contributed by atoms with Gasteiger partial charge in [0, 0.05) is 20.1 Å². The first-order valence-corrected chi connectivity index (χ1v) is 8.51. The number of aromatic nitrogens is 4. The van der Waals surface area contributed by atoms with Crippen molar-refractivity contribution in [3.63, 3.8) is 0 Å². The molecule has 4 rings (SSSR count). The third-order valence-corrected chi connectivity index (χ3v) is 4.85. The number of halogens is 1. The van der Waals surface area contributed by atoms with Gasteiger partial charge in [-0.15, -0.1) is 10.2 Å². The zero-order valence-corrected chi connectivity index (χ0v) is 14.3. The second kappa shape index (κ2) is 6.38. The fourth-order valence-corrected chi connectivity index (χ4v) is 3.38. The number of nitrogens with zero attached hydrogens (tertiary/aromatic N) is 5. The van der Waals surface area contributed by atoms with Crippen LogP contribution in [0.15, 0.2) is 10.7 Å². The number of morpholine rings is 1. The van der Waals surface area contributed by atoms with Crippen LogP contribution in [0.5, 0.6) is 0 Å². The summed E-state index contributed by atoms with van der Waals surface area (Å²) in [5, 5.41) is 24.0. The second-order valence-electron chi connectivity index (χ2n) is 5.10. The Labute approximate surface area is 145 Å². The molecular formula is C13H14ClN7O2S. The van der Waals surface area contributed by atoms with Crippen LogP contribution in [0.25, 0.3) is 11.0 Å². The van der Waals surface area contributed by atoms with Crippen LogP contribution in [0, 0.1) is 0 Å². The third kappa shape index (κ3) is 2.72. The van der Waals surface area contributed by atoms with Crippen molar-refractivity contribution < 1.29 is 9.37 Å². The maximum atomic E-state index is 6.49. The van der Waals surface area contributed by atoms with E-state index in [2.05, 4.69) is 36.0 Å². The normalized spacial score (nSPS) is 15.0. The molecule has 1 fully saturated rings. The number of rotatable bonds is 4. The summed E-state index contributed by atoms with van der Waals surface area (Å²) in [7, 11) is 1.79. The molecule has 3 heterocycles. The SMILES string of the molecule is CNc1nnc(Nc2c(Cl)cc(N3CCOCC3)c3nonc23)s1. The van der Waals surface area contributed by atoms with Crippen LogP contribution >= 0.6 is 22.9 Å². The average molecular weight is 368 g/mol. The quantitative estimate of drug-likeness (QED) is 0.719. The maximum Gasteiger partial charge on any atom is 0.211 e. The Morgan fingerprint density at radius 3 is 2.67 bits per heavy atom. The van der Waals surface area contributed by atoms with Crippen LogP contribution in [0.4, 0.5) is 21.6 Å². The Kier molecular flexibility index (Phi) is 4.08. The van der Waals surface area contributed by atoms with Crippen molar-refractivity contribution in [2.75, 3.05) is 48.9 Å². The van der Waals surface area contributed by atoms with E-state index in [-0.39, 0.29) is 0 Å². The molecule has 0 aliphatic carbocycles. The molecule has 1 aliphatic heterocycles. The highest BCUT2D eigenvalue weighted by Crippen LogP contribution is 2.39. The van der Waals surface area contributed by atoms with Crippen molar-refractivity contribution in [1.29, 1.82) is 0 Å². The Morgan fingerprint density at radius 1 is 1.17 bits per heavy atom. The van der Waals surface area contributed by atoms with Gasteiger partial charge in [-0.05, 0) is 16.4 Å². The van der Waals surface area contributed by atoms with Gasteiger partial charge >= 0.3 is 0 Å². The number of hydrogen-bond donors (Lipinski definition) is 2. The lowest BCUT2D eigenvalue weighted by Crippen LogP contribution is -2.36. The molecule has 1 aromatic carbocycles. The van der Waals surface area contributed by atoms with E-state index in [1.807, 2.05) is 6.07 Å². The van der Waals surface area contributed by atoms with Gasteiger partial charge in [0.1, 0.15) is 0 Å². The first-order valence-electron chi connectivity index (χ1n) is 7.32. The number of nitrogens with one attached hydrogen (secondary N) is 2. The Morgan fingerprint density at radius 2 is 1.92 bits per heavy atom. The van der Waals surface area contributed by atoms with E-state index in [4.69, 9.17) is 21.0 Å². The van der Waals surface area contributed by atoms with Crippen molar-refractivity contribution in [2.45, 2.75) is 0 Å². The number of benzene rings is 1. The van der Waals surface area contributed by atoms with Crippen molar-refractivity contribution in [3.8, 4) is 0 Å². The largest absolute Gasteiger partial charge is 0.378 e. The van der Waals surface area contributed by atoms with Crippen molar-refractivity contribution >= 4 is 55.6 Å². The van der Waals surface area contributed by atoms with E-state index in [9.17, 15) is 0 Å². The molecule has 0 amide bonds. The van der Waals surface area contributed by atoms with Gasteiger partial charge in [0.05, 0.1) is 29.6 Å². The van der Waals surface area contributed by atoms with E-state index >= 15 is 0 Å². The molecule has 2 aromatic heterocycles. The van der Waals surface area contributed by atoms with Crippen LogP contribution in [0.1, 0.15) is 0 Å². The first kappa shape index (κ1) is 15.4. The van der Waals surface area contributed by atoms with Crippen LogP contribution < -0.4 is 15.5 Å². The molecule has 0 radical (unpaired) electrons. The summed E-state index contributed by atoms with van der Waals surface area (Å²) in [4.78, 5) is 2.16. The predicted octanol–water partition coefficient (Wildman–Crippen LogP) is 2.35. The van der Waals surface area contributed by atoms with Crippen molar-refractivity contribution in [1.82, 2.24) is 20.5 Å². The number of ether oxygens (including phenoxy) is 1. The fraction of sp³-hybridized carbons (Fsp3) is 0.385. The predicted molar refractivity (Wildman–Crippen MR) is 92.6 cm³/mol. The number of anilines is 4. The van der Waals surface area contributed by atoms with Gasteiger partial charge in [0.2, 0.25) is 10.3 Å². The van der Waals surface area contributed by atoms with Gasteiger partial charge in [-0.2, -0.15) is 0 Å². The molecule has 9 nitrogen and oxygen atoms in total. The van der Waals surface area contributed by atoms with E-state index in [1.165, 1.54) is 11.3 Å². The zero-order chi connectivity index (χ0) is 16.5. The molecule has 0 bridgehead atoms. The molecule has 2 N–H and O–H groups in total. The molecule has 3 aromatic rings. The maximum absolute atomic E-state index is 6.49. The van der Waals surface area contributed by atoms with Gasteiger partial charge in [0.15, 0.2) is 11.0 Å². The summed E-state index contributed by atoms with van der Waals surface area (Å²) in [5.41, 5.74) is 2.70. The van der Waals surface area contributed by atoms with Crippen LogP contribution in [-0.4, -0.2) is 53.9 Å². The van der Waals surface area contributed by atoms with E-state index in [0.717, 1.165) is 18.8 Å². The highest BCUT2D eigenvalue weighted by Gasteiger charge is 2.22. The molecule has 11 heteroatoms. The summed E-state index contributed by atoms with van der Waals surface area (Å²) >= 11 is 7.86. The van der Waals surface area contributed by atoms with Gasteiger partial charge in [0.25, 0.3) is 0 Å². The molecule has 0 saturated carbocycles. The molecule has 0 unspecified atom stereocenters. The molecule has 1 saturated heterocycles. The Hall–Kier alpha value is -2.17. The standard InChI is InChI=1S/C13H14ClN7O2S/c1-15-12-17-18-13(24-12)16-9-7(14)6-8(10-11(9)20-23-19-10)21-2-4-22-5-3-21/h6H,2-5H2,1H3,(H,15,17)(H,16,18). The van der Waals surface area contributed by atoms with Gasteiger partial charge < -0.3 is 20.3 Å². The molecule has 0 spiro atoms. The van der Waals surface area contributed by atoms with Gasteiger partial charge in [-0.25, -0.2) is 4.63 Å². The summed E-state index contributed by atoms with van der Waals surface area (Å²) in [6.07, 6.45) is 0. The smallest absolute Gasteiger partial charge is 0.211 e. The summed E-state index contributed by atoms with van der Waals surface area (Å²) in [6.45, 7) is 2.88. The van der Waals surface area contributed by atoms with Crippen LogP contribution in [0.2, 0.25) is 5.02 Å². The van der Waals surface area contributed by atoms with E-state index < -0.39 is 0 Å². The van der Waals surface area contributed by atoms with E-state index in [1.54, 1.807) is 7.05 Å². The highest BCUT2D eigenvalue weighted by molar-refractivity contribution is 7.19. The van der Waals surface area contributed by atoms with Crippen molar-refractivity contribution in [3.05, 3.63) is 11.1 Å². The van der Waals surface area contributed by atoms with E-state index in [0.29, 0.717) is 45.2 Å². The summed E-state index contributed by atoms with van der Waals surface area (Å²) in [6, 6.07) is 1.86. The minimum Gasteiger partial charge on any atom is -0.378 e. The summed E-state index contributed by atoms with van der Waals surface area (Å²) < 4.78 is 10.3. The minimum absolute atomic E-state index is 0.515. The highest BCUT2D eigenvalue weighted by atomic mass is 35.5. The summed E-state index contributed by atoms with van der Waals surface area (Å²) in [5.74, 6) is 0. The molecule has 126 valence electrons. The fourth-order valence-electron chi connectivity index (χ4n) is 2.54. The molecular weight excluding hydrogens is 354 g/mol. The lowest BCUT2D eigenvalue weighted by Gasteiger charge is -2.29. The Bertz CT molecular complexity index is 861. The molecule has 0 atom stereocenters. The topological polar surface area (TPSA) is 101 Å². The first-order chi connectivity index (χ1) is 11.8. The van der Waals surface area contributed by atoms with Gasteiger partial charge in [-0.1, -0.05) is 22.9 Å². The average Bonchev–Trinajstić information content (AvgIpc) is 3.27. The van der Waals surface area contributed by atoms with Crippen LogP contribution in [0.3, 0.4) is 0 Å². The van der Waals surface area contributed by atoms with Gasteiger partial charge in [-0.3, -0.25) is 0 Å². The number of hydrogen-bond acceptors (Lipinski definition) is 10. The second-order valence-corrected chi connectivity index (χ2v) is 6.49. The minimum atomic E-state index is 0.515. The third-order valence-electron chi connectivity index (χ3n) is 3.69. The monoisotopic (exact) mass is 367 g/mol. The lowest BCUT2D eigenvalue weighted by atomic mass is 10.2. The van der Waals surface area contributed by atoms with Crippen LogP contribution in [-0.2, 0) is 4.74 Å². The zero-order valence-electron chi connectivity index (χ0n) is 12.7. The Balaban J connectivity index is 1.74. The molecule has 1 aliphatic rings. The lowest BCUT2D eigenvalue weighted by molar-refractivity contribution is 0.123. The van der Waals surface area contributed by atoms with Crippen molar-refractivity contribution in [2.24, 2.45) is 0 Å².